The van der Waals surface area contributed by atoms with E-state index < -0.39 is 23.4 Å². The smallest absolute Gasteiger partial charge is 0.341 e. The van der Waals surface area contributed by atoms with E-state index in [2.05, 4.69) is 5.10 Å². The number of hydrogen-bond acceptors (Lipinski definition) is 3. The maximum absolute atomic E-state index is 13.7. The van der Waals surface area contributed by atoms with Crippen molar-refractivity contribution in [3.05, 3.63) is 47.0 Å². The number of aromatic nitrogens is 2. The number of benzene rings is 1. The van der Waals surface area contributed by atoms with Crippen LogP contribution in [0.4, 0.5) is 13.2 Å². The minimum atomic E-state index is -1.29. The van der Waals surface area contributed by atoms with Crippen molar-refractivity contribution in [2.45, 2.75) is 13.8 Å². The highest BCUT2D eigenvalue weighted by Crippen LogP contribution is 2.20. The molecule has 1 aromatic carbocycles. The largest absolute Gasteiger partial charge is 0.462 e. The molecule has 0 aliphatic rings. The molecular weight excluding hydrogens is 273 g/mol. The summed E-state index contributed by atoms with van der Waals surface area (Å²) in [6.07, 6.45) is 1.19. The van der Waals surface area contributed by atoms with Gasteiger partial charge >= 0.3 is 5.97 Å². The van der Waals surface area contributed by atoms with Crippen molar-refractivity contribution >= 4 is 5.97 Å². The van der Waals surface area contributed by atoms with Gasteiger partial charge in [-0.05, 0) is 13.8 Å². The van der Waals surface area contributed by atoms with Crippen LogP contribution in [0.2, 0.25) is 0 Å². The lowest BCUT2D eigenvalue weighted by Gasteiger charge is -2.07. The monoisotopic (exact) mass is 284 g/mol. The second kappa shape index (κ2) is 5.36. The molecule has 4 nitrogen and oxygen atoms in total. The minimum Gasteiger partial charge on any atom is -0.462 e. The van der Waals surface area contributed by atoms with E-state index in [0.29, 0.717) is 12.1 Å². The summed E-state index contributed by atoms with van der Waals surface area (Å²) in [7, 11) is 0. The van der Waals surface area contributed by atoms with Gasteiger partial charge in [0.15, 0.2) is 17.5 Å². The lowest BCUT2D eigenvalue weighted by atomic mass is 10.2. The number of nitrogens with zero attached hydrogens (tertiary/aromatic N) is 2. The first-order chi connectivity index (χ1) is 9.45. The third-order valence-electron chi connectivity index (χ3n) is 2.72. The van der Waals surface area contributed by atoms with E-state index in [4.69, 9.17) is 4.74 Å². The van der Waals surface area contributed by atoms with E-state index in [-0.39, 0.29) is 23.6 Å². The summed E-state index contributed by atoms with van der Waals surface area (Å²) in [5, 5.41) is 3.81. The summed E-state index contributed by atoms with van der Waals surface area (Å²) in [4.78, 5) is 11.6. The topological polar surface area (TPSA) is 44.1 Å². The molecule has 0 saturated heterocycles. The van der Waals surface area contributed by atoms with Crippen LogP contribution in [-0.4, -0.2) is 22.4 Å². The molecule has 1 aromatic heterocycles. The van der Waals surface area contributed by atoms with Crippen molar-refractivity contribution < 1.29 is 22.7 Å². The van der Waals surface area contributed by atoms with E-state index in [1.54, 1.807) is 6.92 Å². The standard InChI is InChI=1S/C13H11F3N2O2/c1-3-20-13(19)8-6-17-18(7(8)2)12-5-10(15)9(14)4-11(12)16/h4-6H,3H2,1-2H3. The molecule has 0 saturated carbocycles. The van der Waals surface area contributed by atoms with Gasteiger partial charge in [-0.2, -0.15) is 5.10 Å². The van der Waals surface area contributed by atoms with Crippen LogP contribution in [0.15, 0.2) is 18.3 Å². The highest BCUT2D eigenvalue weighted by molar-refractivity contribution is 5.90. The van der Waals surface area contributed by atoms with Gasteiger partial charge in [0.05, 0.1) is 18.5 Å². The van der Waals surface area contributed by atoms with Gasteiger partial charge in [-0.3, -0.25) is 0 Å². The zero-order valence-corrected chi connectivity index (χ0v) is 10.8. The van der Waals surface area contributed by atoms with Crippen LogP contribution in [0.25, 0.3) is 5.69 Å². The Morgan fingerprint density at radius 1 is 1.25 bits per heavy atom. The van der Waals surface area contributed by atoms with Crippen molar-refractivity contribution in [3.63, 3.8) is 0 Å². The molecule has 0 bridgehead atoms. The number of halogens is 3. The predicted molar refractivity (Wildman–Crippen MR) is 64.1 cm³/mol. The highest BCUT2D eigenvalue weighted by atomic mass is 19.2. The summed E-state index contributed by atoms with van der Waals surface area (Å²) >= 11 is 0. The van der Waals surface area contributed by atoms with Crippen molar-refractivity contribution in [2.75, 3.05) is 6.61 Å². The van der Waals surface area contributed by atoms with Crippen molar-refractivity contribution in [1.82, 2.24) is 9.78 Å². The molecule has 106 valence electrons. The normalized spacial score (nSPS) is 10.7. The number of carbonyl (C=O) groups is 1. The molecule has 20 heavy (non-hydrogen) atoms. The fraction of sp³-hybridized carbons (Fsp3) is 0.231. The maximum Gasteiger partial charge on any atom is 0.341 e. The van der Waals surface area contributed by atoms with E-state index in [1.165, 1.54) is 13.1 Å². The van der Waals surface area contributed by atoms with Crippen molar-refractivity contribution in [2.24, 2.45) is 0 Å². The summed E-state index contributed by atoms with van der Waals surface area (Å²) in [5.41, 5.74) is 0.126. The van der Waals surface area contributed by atoms with E-state index in [9.17, 15) is 18.0 Å². The molecule has 2 aromatic rings. The molecule has 7 heteroatoms. The van der Waals surface area contributed by atoms with Gasteiger partial charge in [-0.25, -0.2) is 22.6 Å². The average molecular weight is 284 g/mol. The molecule has 0 atom stereocenters. The molecule has 0 amide bonds. The summed E-state index contributed by atoms with van der Waals surface area (Å²) in [6.45, 7) is 3.33. The highest BCUT2D eigenvalue weighted by Gasteiger charge is 2.19. The third kappa shape index (κ3) is 2.38. The van der Waals surface area contributed by atoms with Crippen molar-refractivity contribution in [3.8, 4) is 5.69 Å². The van der Waals surface area contributed by atoms with Crippen LogP contribution in [0.5, 0.6) is 0 Å². The molecule has 2 rings (SSSR count). The fourth-order valence-electron chi connectivity index (χ4n) is 1.74. The molecule has 0 unspecified atom stereocenters. The van der Waals surface area contributed by atoms with Crippen LogP contribution in [0.1, 0.15) is 23.0 Å². The van der Waals surface area contributed by atoms with Crippen LogP contribution in [0, 0.1) is 24.4 Å². The number of hydrogen-bond donors (Lipinski definition) is 0. The molecule has 0 fully saturated rings. The van der Waals surface area contributed by atoms with Gasteiger partial charge in [0.1, 0.15) is 11.3 Å². The lowest BCUT2D eigenvalue weighted by molar-refractivity contribution is 0.0525. The van der Waals surface area contributed by atoms with Crippen molar-refractivity contribution in [1.29, 1.82) is 0 Å². The molecule has 1 heterocycles. The molecular formula is C13H11F3N2O2. The Labute approximate surface area is 112 Å². The van der Waals surface area contributed by atoms with Gasteiger partial charge in [0.2, 0.25) is 0 Å². The Morgan fingerprint density at radius 2 is 1.90 bits per heavy atom. The zero-order valence-electron chi connectivity index (χ0n) is 10.8. The number of carbonyl (C=O) groups excluding carboxylic acids is 1. The van der Waals surface area contributed by atoms with Gasteiger partial charge in [0.25, 0.3) is 0 Å². The minimum absolute atomic E-state index is 0.135. The summed E-state index contributed by atoms with van der Waals surface area (Å²) < 4.78 is 45.6. The first-order valence-corrected chi connectivity index (χ1v) is 5.82. The SMILES string of the molecule is CCOC(=O)c1cnn(-c2cc(F)c(F)cc2F)c1C. The fourth-order valence-corrected chi connectivity index (χ4v) is 1.74. The first-order valence-electron chi connectivity index (χ1n) is 5.82. The van der Waals surface area contributed by atoms with Gasteiger partial charge < -0.3 is 4.74 Å². The summed E-state index contributed by atoms with van der Waals surface area (Å²) in [5.74, 6) is -4.08. The second-order valence-electron chi connectivity index (χ2n) is 3.99. The van der Waals surface area contributed by atoms with Crippen LogP contribution < -0.4 is 0 Å². The lowest BCUT2D eigenvalue weighted by Crippen LogP contribution is -2.08. The molecule has 0 aliphatic heterocycles. The summed E-state index contributed by atoms with van der Waals surface area (Å²) in [6, 6.07) is 1.11. The van der Waals surface area contributed by atoms with Crippen LogP contribution in [-0.2, 0) is 4.74 Å². The van der Waals surface area contributed by atoms with Crippen LogP contribution in [0.3, 0.4) is 0 Å². The molecule has 0 radical (unpaired) electrons. The van der Waals surface area contributed by atoms with Gasteiger partial charge in [-0.15, -0.1) is 0 Å². The number of esters is 1. The maximum atomic E-state index is 13.7. The Kier molecular flexibility index (Phi) is 3.78. The second-order valence-corrected chi connectivity index (χ2v) is 3.99. The molecule has 0 spiro atoms. The molecule has 0 aliphatic carbocycles. The van der Waals surface area contributed by atoms with E-state index >= 15 is 0 Å². The number of ether oxygens (including phenoxy) is 1. The van der Waals surface area contributed by atoms with E-state index in [1.807, 2.05) is 0 Å². The average Bonchev–Trinajstić information content (AvgIpc) is 2.76. The van der Waals surface area contributed by atoms with Crippen LogP contribution >= 0.6 is 0 Å². The Balaban J connectivity index is 2.50. The van der Waals surface area contributed by atoms with Gasteiger partial charge in [0, 0.05) is 12.1 Å². The predicted octanol–water partition coefficient (Wildman–Crippen LogP) is 2.77. The Hall–Kier alpha value is -2.31. The third-order valence-corrected chi connectivity index (χ3v) is 2.72. The van der Waals surface area contributed by atoms with Gasteiger partial charge in [-0.1, -0.05) is 0 Å². The quantitative estimate of drug-likeness (QED) is 0.643. The number of rotatable bonds is 3. The van der Waals surface area contributed by atoms with E-state index in [0.717, 1.165) is 4.68 Å². The molecule has 0 N–H and O–H groups in total. The zero-order chi connectivity index (χ0) is 14.9. The first kappa shape index (κ1) is 14.1. The Morgan fingerprint density at radius 3 is 2.55 bits per heavy atom. The Bertz CT molecular complexity index is 668.